The van der Waals surface area contributed by atoms with Gasteiger partial charge >= 0.3 is 0 Å². The van der Waals surface area contributed by atoms with Gasteiger partial charge in [0.05, 0.1) is 5.56 Å². The molecule has 0 unspecified atom stereocenters. The molecule has 0 atom stereocenters. The fraction of sp³-hybridized carbons (Fsp3) is 0.312. The van der Waals surface area contributed by atoms with Gasteiger partial charge in [-0.25, -0.2) is 0 Å². The van der Waals surface area contributed by atoms with Gasteiger partial charge < -0.3 is 4.57 Å². The lowest BCUT2D eigenvalue weighted by molar-refractivity contribution is 0.887. The van der Waals surface area contributed by atoms with Crippen LogP contribution in [0.3, 0.4) is 0 Å². The van der Waals surface area contributed by atoms with Crippen molar-refractivity contribution in [2.45, 2.75) is 27.7 Å². The molecule has 0 aliphatic carbocycles. The first-order valence-corrected chi connectivity index (χ1v) is 6.10. The Kier molecular flexibility index (Phi) is 3.00. The minimum atomic E-state index is 0.755. The molecular weight excluding hydrogens is 220 g/mol. The molecule has 2 rings (SSSR count). The van der Waals surface area contributed by atoms with E-state index in [1.54, 1.807) is 0 Å². The summed E-state index contributed by atoms with van der Waals surface area (Å²) < 4.78 is 2.09. The van der Waals surface area contributed by atoms with Crippen LogP contribution in [0.2, 0.25) is 0 Å². The van der Waals surface area contributed by atoms with Gasteiger partial charge in [-0.2, -0.15) is 5.26 Å². The zero-order valence-electron chi connectivity index (χ0n) is 11.6. The van der Waals surface area contributed by atoms with Crippen LogP contribution in [0.5, 0.6) is 0 Å². The third-order valence-electron chi connectivity index (χ3n) is 3.77. The molecule has 2 aromatic rings. The summed E-state index contributed by atoms with van der Waals surface area (Å²) in [6.07, 6.45) is 0. The minimum absolute atomic E-state index is 0.755. The largest absolute Gasteiger partial charge is 0.347 e. The average molecular weight is 238 g/mol. The molecule has 0 N–H and O–H groups in total. The van der Waals surface area contributed by atoms with E-state index in [9.17, 15) is 0 Å². The van der Waals surface area contributed by atoms with E-state index in [1.165, 1.54) is 22.3 Å². The molecule has 0 aliphatic rings. The van der Waals surface area contributed by atoms with Crippen molar-refractivity contribution in [3.05, 3.63) is 46.1 Å². The smallest absolute Gasteiger partial charge is 0.101 e. The molecule has 0 spiro atoms. The number of nitriles is 1. The molecule has 0 saturated carbocycles. The second-order valence-corrected chi connectivity index (χ2v) is 4.95. The molecule has 18 heavy (non-hydrogen) atoms. The highest BCUT2D eigenvalue weighted by Crippen LogP contribution is 2.29. The number of nitrogens with zero attached hydrogens (tertiary/aromatic N) is 2. The van der Waals surface area contributed by atoms with Gasteiger partial charge in [0.2, 0.25) is 0 Å². The molecule has 2 nitrogen and oxygen atoms in total. The van der Waals surface area contributed by atoms with Crippen molar-refractivity contribution in [3.63, 3.8) is 0 Å². The van der Waals surface area contributed by atoms with Crippen molar-refractivity contribution in [1.82, 2.24) is 4.57 Å². The highest BCUT2D eigenvalue weighted by molar-refractivity contribution is 5.68. The quantitative estimate of drug-likeness (QED) is 0.743. The van der Waals surface area contributed by atoms with Gasteiger partial charge in [0.15, 0.2) is 0 Å². The molecule has 1 heterocycles. The van der Waals surface area contributed by atoms with E-state index in [0.29, 0.717) is 0 Å². The summed E-state index contributed by atoms with van der Waals surface area (Å²) in [7, 11) is 2.01. The fourth-order valence-corrected chi connectivity index (χ4v) is 2.31. The van der Waals surface area contributed by atoms with E-state index in [4.69, 9.17) is 5.26 Å². The summed E-state index contributed by atoms with van der Waals surface area (Å²) in [6.45, 7) is 8.36. The molecule has 0 aliphatic heterocycles. The Hall–Kier alpha value is -2.01. The first-order valence-electron chi connectivity index (χ1n) is 6.10. The Bertz CT molecular complexity index is 655. The highest BCUT2D eigenvalue weighted by atomic mass is 15.0. The van der Waals surface area contributed by atoms with Crippen molar-refractivity contribution in [1.29, 1.82) is 5.26 Å². The van der Waals surface area contributed by atoms with Crippen LogP contribution in [0.1, 0.15) is 27.9 Å². The number of aromatic nitrogens is 1. The first-order chi connectivity index (χ1) is 8.45. The van der Waals surface area contributed by atoms with Crippen molar-refractivity contribution in [2.24, 2.45) is 7.05 Å². The van der Waals surface area contributed by atoms with Gasteiger partial charge in [-0.05, 0) is 56.5 Å². The standard InChI is InChI=1S/C16H18N2/c1-10-6-12(3)15(7-11(10)2)16-8-14(9-17)13(4)18(16)5/h6-8H,1-5H3. The monoisotopic (exact) mass is 238 g/mol. The van der Waals surface area contributed by atoms with Crippen LogP contribution in [0.15, 0.2) is 18.2 Å². The zero-order chi connectivity index (χ0) is 13.4. The Balaban J connectivity index is 2.70. The van der Waals surface area contributed by atoms with Crippen molar-refractivity contribution >= 4 is 0 Å². The lowest BCUT2D eigenvalue weighted by atomic mass is 9.98. The van der Waals surface area contributed by atoms with E-state index in [2.05, 4.69) is 43.5 Å². The van der Waals surface area contributed by atoms with Crippen LogP contribution in [0, 0.1) is 39.0 Å². The topological polar surface area (TPSA) is 28.7 Å². The minimum Gasteiger partial charge on any atom is -0.347 e. The van der Waals surface area contributed by atoms with Gasteiger partial charge in [-0.1, -0.05) is 6.07 Å². The summed E-state index contributed by atoms with van der Waals surface area (Å²) in [5.74, 6) is 0. The third-order valence-corrected chi connectivity index (χ3v) is 3.77. The molecule has 2 heteroatoms. The second-order valence-electron chi connectivity index (χ2n) is 4.95. The van der Waals surface area contributed by atoms with Gasteiger partial charge in [0.1, 0.15) is 6.07 Å². The Labute approximate surface area is 108 Å². The fourth-order valence-electron chi connectivity index (χ4n) is 2.31. The summed E-state index contributed by atoms with van der Waals surface area (Å²) in [4.78, 5) is 0. The number of rotatable bonds is 1. The maximum Gasteiger partial charge on any atom is 0.101 e. The van der Waals surface area contributed by atoms with Crippen LogP contribution in [0.25, 0.3) is 11.3 Å². The number of hydrogen-bond acceptors (Lipinski definition) is 1. The van der Waals surface area contributed by atoms with E-state index >= 15 is 0 Å². The van der Waals surface area contributed by atoms with Crippen LogP contribution in [-0.2, 0) is 7.05 Å². The van der Waals surface area contributed by atoms with E-state index < -0.39 is 0 Å². The molecule has 0 bridgehead atoms. The van der Waals surface area contributed by atoms with E-state index in [0.717, 1.165) is 17.0 Å². The van der Waals surface area contributed by atoms with Gasteiger partial charge in [0.25, 0.3) is 0 Å². The normalized spacial score (nSPS) is 10.4. The van der Waals surface area contributed by atoms with Crippen molar-refractivity contribution in [2.75, 3.05) is 0 Å². The van der Waals surface area contributed by atoms with Crippen LogP contribution >= 0.6 is 0 Å². The Morgan fingerprint density at radius 3 is 2.11 bits per heavy atom. The Morgan fingerprint density at radius 2 is 1.56 bits per heavy atom. The van der Waals surface area contributed by atoms with Gasteiger partial charge in [-0.3, -0.25) is 0 Å². The molecular formula is C16H18N2. The summed E-state index contributed by atoms with van der Waals surface area (Å²) in [6, 6.07) is 8.65. The highest BCUT2D eigenvalue weighted by Gasteiger charge is 2.12. The number of hydrogen-bond donors (Lipinski definition) is 0. The van der Waals surface area contributed by atoms with Crippen molar-refractivity contribution in [3.8, 4) is 17.3 Å². The van der Waals surface area contributed by atoms with E-state index in [1.807, 2.05) is 20.0 Å². The maximum atomic E-state index is 9.11. The van der Waals surface area contributed by atoms with Crippen LogP contribution < -0.4 is 0 Å². The number of benzene rings is 1. The predicted octanol–water partition coefficient (Wildman–Crippen LogP) is 3.80. The molecule has 0 fully saturated rings. The van der Waals surface area contributed by atoms with Crippen LogP contribution in [-0.4, -0.2) is 4.57 Å². The summed E-state index contributed by atoms with van der Waals surface area (Å²) in [5, 5.41) is 9.11. The average Bonchev–Trinajstić information content (AvgIpc) is 2.61. The lowest BCUT2D eigenvalue weighted by Crippen LogP contribution is -1.97. The molecule has 1 aromatic carbocycles. The molecule has 1 aromatic heterocycles. The molecule has 0 amide bonds. The van der Waals surface area contributed by atoms with E-state index in [-0.39, 0.29) is 0 Å². The zero-order valence-corrected chi connectivity index (χ0v) is 11.6. The molecule has 0 saturated heterocycles. The van der Waals surface area contributed by atoms with Gasteiger partial charge in [0, 0.05) is 24.0 Å². The SMILES string of the molecule is Cc1cc(C)c(-c2cc(C#N)c(C)n2C)cc1C. The number of aryl methyl sites for hydroxylation is 3. The lowest BCUT2D eigenvalue weighted by Gasteiger charge is -2.11. The summed E-state index contributed by atoms with van der Waals surface area (Å²) in [5.41, 5.74) is 7.95. The maximum absolute atomic E-state index is 9.11. The molecule has 0 radical (unpaired) electrons. The third kappa shape index (κ3) is 1.82. The first kappa shape index (κ1) is 12.4. The second kappa shape index (κ2) is 4.34. The summed E-state index contributed by atoms with van der Waals surface area (Å²) >= 11 is 0. The molecule has 92 valence electrons. The Morgan fingerprint density at radius 1 is 0.944 bits per heavy atom. The van der Waals surface area contributed by atoms with Crippen LogP contribution in [0.4, 0.5) is 0 Å². The van der Waals surface area contributed by atoms with Gasteiger partial charge in [-0.15, -0.1) is 0 Å². The van der Waals surface area contributed by atoms with Crippen molar-refractivity contribution < 1.29 is 0 Å². The predicted molar refractivity (Wildman–Crippen MR) is 74.5 cm³/mol.